The minimum atomic E-state index is -0.662. The van der Waals surface area contributed by atoms with E-state index in [-0.39, 0.29) is 40.4 Å². The molecule has 0 fully saturated rings. The lowest BCUT2D eigenvalue weighted by atomic mass is 9.99. The van der Waals surface area contributed by atoms with Crippen molar-refractivity contribution in [3.63, 3.8) is 0 Å². The van der Waals surface area contributed by atoms with Crippen LogP contribution in [0, 0.1) is 0 Å². The Hall–Kier alpha value is -4.13. The van der Waals surface area contributed by atoms with E-state index >= 15 is 0 Å². The first-order chi connectivity index (χ1) is 16.0. The molecule has 0 heterocycles. The standard InChI is InChI=1S/C27H28O7/c1-16(2)25(28)32-22-11-9-8-10-19(14-24(22)34-27(30)18(5)6)20-12-13-21(31-7)23(15-20)33-26(29)17(3)4/h8-9,12-15H,1,3,5,10-11H2,2,4,6-7H3/b9-8-,19-14+,24-22-. The molecule has 1 aromatic carbocycles. The monoisotopic (exact) mass is 464 g/mol. The van der Waals surface area contributed by atoms with Crippen molar-refractivity contribution < 1.29 is 33.3 Å². The molecule has 1 aromatic rings. The second kappa shape index (κ2) is 11.7. The highest BCUT2D eigenvalue weighted by atomic mass is 16.6. The molecule has 7 heteroatoms. The molecule has 178 valence electrons. The quantitative estimate of drug-likeness (QED) is 0.221. The third-order valence-electron chi connectivity index (χ3n) is 4.59. The van der Waals surface area contributed by atoms with Gasteiger partial charge in [-0.3, -0.25) is 0 Å². The fraction of sp³-hybridized carbons (Fsp3) is 0.222. The highest BCUT2D eigenvalue weighted by Gasteiger charge is 2.20. The average molecular weight is 465 g/mol. The van der Waals surface area contributed by atoms with E-state index in [2.05, 4.69) is 19.7 Å². The van der Waals surface area contributed by atoms with E-state index in [9.17, 15) is 14.4 Å². The van der Waals surface area contributed by atoms with Gasteiger partial charge in [-0.1, -0.05) is 38.0 Å². The van der Waals surface area contributed by atoms with E-state index in [1.807, 2.05) is 6.08 Å². The van der Waals surface area contributed by atoms with Gasteiger partial charge in [0, 0.05) is 23.1 Å². The van der Waals surface area contributed by atoms with Crippen molar-refractivity contribution in [2.24, 2.45) is 0 Å². The van der Waals surface area contributed by atoms with Gasteiger partial charge in [-0.05, 0) is 56.5 Å². The Balaban J connectivity index is 2.60. The van der Waals surface area contributed by atoms with Crippen LogP contribution in [0.1, 0.15) is 39.2 Å². The number of carbonyl (C=O) groups is 3. The van der Waals surface area contributed by atoms with Gasteiger partial charge in [0.15, 0.2) is 23.0 Å². The van der Waals surface area contributed by atoms with Gasteiger partial charge < -0.3 is 18.9 Å². The lowest BCUT2D eigenvalue weighted by Gasteiger charge is -2.17. The molecule has 0 unspecified atom stereocenters. The van der Waals surface area contributed by atoms with Gasteiger partial charge in [-0.2, -0.15) is 0 Å². The maximum atomic E-state index is 12.3. The summed E-state index contributed by atoms with van der Waals surface area (Å²) in [7, 11) is 1.46. The van der Waals surface area contributed by atoms with Gasteiger partial charge in [0.1, 0.15) is 0 Å². The average Bonchev–Trinajstić information content (AvgIpc) is 2.77. The van der Waals surface area contributed by atoms with Gasteiger partial charge in [-0.25, -0.2) is 14.4 Å². The summed E-state index contributed by atoms with van der Waals surface area (Å²) in [4.78, 5) is 36.5. The third-order valence-corrected chi connectivity index (χ3v) is 4.59. The predicted octanol–water partition coefficient (Wildman–Crippen LogP) is 5.36. The van der Waals surface area contributed by atoms with Crippen molar-refractivity contribution in [2.75, 3.05) is 7.11 Å². The molecule has 34 heavy (non-hydrogen) atoms. The molecule has 1 aliphatic rings. The summed E-state index contributed by atoms with van der Waals surface area (Å²) in [5.41, 5.74) is 2.00. The van der Waals surface area contributed by atoms with E-state index < -0.39 is 17.9 Å². The van der Waals surface area contributed by atoms with E-state index in [1.54, 1.807) is 37.3 Å². The van der Waals surface area contributed by atoms with Crippen molar-refractivity contribution in [2.45, 2.75) is 33.6 Å². The summed E-state index contributed by atoms with van der Waals surface area (Å²) >= 11 is 0. The Labute approximate surface area is 199 Å². The minimum Gasteiger partial charge on any atom is -0.493 e. The zero-order valence-electron chi connectivity index (χ0n) is 19.9. The van der Waals surface area contributed by atoms with Crippen molar-refractivity contribution >= 4 is 23.5 Å². The van der Waals surface area contributed by atoms with Crippen LogP contribution in [-0.2, 0) is 23.9 Å². The van der Waals surface area contributed by atoms with Crippen LogP contribution in [-0.4, -0.2) is 25.0 Å². The van der Waals surface area contributed by atoms with Crippen LogP contribution < -0.4 is 9.47 Å². The zero-order chi connectivity index (χ0) is 25.4. The first-order valence-corrected chi connectivity index (χ1v) is 10.4. The highest BCUT2D eigenvalue weighted by molar-refractivity contribution is 5.90. The molecule has 7 nitrogen and oxygen atoms in total. The molecule has 0 aliphatic heterocycles. The third kappa shape index (κ3) is 6.93. The van der Waals surface area contributed by atoms with Crippen molar-refractivity contribution in [3.8, 4) is 11.5 Å². The Morgan fingerprint density at radius 1 is 0.765 bits per heavy atom. The van der Waals surface area contributed by atoms with Gasteiger partial charge >= 0.3 is 17.9 Å². The Kier molecular flexibility index (Phi) is 8.95. The van der Waals surface area contributed by atoms with E-state index in [0.29, 0.717) is 23.3 Å². The molecule has 0 spiro atoms. The predicted molar refractivity (Wildman–Crippen MR) is 129 cm³/mol. The zero-order valence-corrected chi connectivity index (χ0v) is 19.9. The smallest absolute Gasteiger partial charge is 0.338 e. The van der Waals surface area contributed by atoms with Crippen molar-refractivity contribution in [1.29, 1.82) is 0 Å². The first kappa shape index (κ1) is 26.1. The molecular formula is C27H28O7. The van der Waals surface area contributed by atoms with Crippen LogP contribution in [0.15, 0.2) is 84.4 Å². The molecule has 2 rings (SSSR count). The van der Waals surface area contributed by atoms with Crippen LogP contribution in [0.5, 0.6) is 11.5 Å². The number of ether oxygens (including phenoxy) is 4. The maximum absolute atomic E-state index is 12.3. The molecule has 0 amide bonds. The second-order valence-electron chi connectivity index (χ2n) is 7.71. The molecule has 0 bridgehead atoms. The Morgan fingerprint density at radius 3 is 1.91 bits per heavy atom. The molecule has 0 atom stereocenters. The lowest BCUT2D eigenvalue weighted by molar-refractivity contribution is -0.138. The molecular weight excluding hydrogens is 436 g/mol. The molecule has 1 aliphatic carbocycles. The topological polar surface area (TPSA) is 88.1 Å². The SMILES string of the molecule is C=C(C)C(=O)OC1=C(\OC(=O)C(=C)C)C/C=C\C/C(c2ccc(OC)c(OC(=O)C(=C)C)c2)=C\1. The Morgan fingerprint density at radius 2 is 1.32 bits per heavy atom. The molecule has 0 saturated carbocycles. The highest BCUT2D eigenvalue weighted by Crippen LogP contribution is 2.34. The number of rotatable bonds is 8. The lowest BCUT2D eigenvalue weighted by Crippen LogP contribution is -2.12. The summed E-state index contributed by atoms with van der Waals surface area (Å²) in [6.07, 6.45) is 6.00. The van der Waals surface area contributed by atoms with Crippen molar-refractivity contribution in [3.05, 3.63) is 90.0 Å². The summed E-state index contributed by atoms with van der Waals surface area (Å²) in [6, 6.07) is 5.07. The van der Waals surface area contributed by atoms with Crippen LogP contribution in [0.2, 0.25) is 0 Å². The van der Waals surface area contributed by atoms with Crippen molar-refractivity contribution in [1.82, 2.24) is 0 Å². The number of allylic oxidation sites excluding steroid dienone is 4. The van der Waals surface area contributed by atoms with E-state index in [4.69, 9.17) is 18.9 Å². The maximum Gasteiger partial charge on any atom is 0.338 e. The van der Waals surface area contributed by atoms with Crippen LogP contribution in [0.3, 0.4) is 0 Å². The fourth-order valence-corrected chi connectivity index (χ4v) is 2.71. The Bertz CT molecular complexity index is 1150. The number of methoxy groups -OCH3 is 1. The fourth-order valence-electron chi connectivity index (χ4n) is 2.71. The van der Waals surface area contributed by atoms with Gasteiger partial charge in [0.2, 0.25) is 0 Å². The number of benzene rings is 1. The molecule has 0 radical (unpaired) electrons. The molecule has 0 N–H and O–H groups in total. The van der Waals surface area contributed by atoms with E-state index in [1.165, 1.54) is 21.0 Å². The van der Waals surface area contributed by atoms with Gasteiger partial charge in [-0.15, -0.1) is 0 Å². The number of carbonyl (C=O) groups excluding carboxylic acids is 3. The molecule has 0 aromatic heterocycles. The van der Waals surface area contributed by atoms with Crippen LogP contribution in [0.4, 0.5) is 0 Å². The van der Waals surface area contributed by atoms with Crippen LogP contribution in [0.25, 0.3) is 5.57 Å². The van der Waals surface area contributed by atoms with E-state index in [0.717, 1.165) is 0 Å². The van der Waals surface area contributed by atoms with Gasteiger partial charge in [0.25, 0.3) is 0 Å². The largest absolute Gasteiger partial charge is 0.493 e. The second-order valence-corrected chi connectivity index (χ2v) is 7.71. The normalized spacial score (nSPS) is 17.7. The number of esters is 3. The summed E-state index contributed by atoms with van der Waals surface area (Å²) in [6.45, 7) is 15.4. The van der Waals surface area contributed by atoms with Crippen LogP contribution >= 0.6 is 0 Å². The molecule has 0 saturated heterocycles. The number of hydrogen-bond acceptors (Lipinski definition) is 7. The summed E-state index contributed by atoms with van der Waals surface area (Å²) in [5.74, 6) is -1.10. The minimum absolute atomic E-state index is 0.0678. The summed E-state index contributed by atoms with van der Waals surface area (Å²) in [5, 5.41) is 0. The number of hydrogen-bond donors (Lipinski definition) is 0. The summed E-state index contributed by atoms with van der Waals surface area (Å²) < 4.78 is 21.7. The van der Waals surface area contributed by atoms with Gasteiger partial charge in [0.05, 0.1) is 7.11 Å². The first-order valence-electron chi connectivity index (χ1n) is 10.4.